The van der Waals surface area contributed by atoms with Crippen LogP contribution in [0.1, 0.15) is 34.8 Å². The van der Waals surface area contributed by atoms with Gasteiger partial charge in [0.2, 0.25) is 0 Å². The molecule has 1 aromatic carbocycles. The van der Waals surface area contributed by atoms with Gasteiger partial charge < -0.3 is 9.64 Å². The molecule has 0 N–H and O–H groups in total. The molecule has 4 heteroatoms. The maximum atomic E-state index is 11.9. The van der Waals surface area contributed by atoms with Crippen molar-refractivity contribution in [2.75, 3.05) is 24.6 Å². The van der Waals surface area contributed by atoms with Crippen LogP contribution in [0, 0.1) is 13.8 Å². The van der Waals surface area contributed by atoms with Gasteiger partial charge in [-0.2, -0.15) is 0 Å². The highest BCUT2D eigenvalue weighted by Crippen LogP contribution is 2.25. The third-order valence-corrected chi connectivity index (χ3v) is 3.39. The zero-order valence-corrected chi connectivity index (χ0v) is 11.7. The van der Waals surface area contributed by atoms with Crippen molar-refractivity contribution < 1.29 is 14.3 Å². The quantitative estimate of drug-likeness (QED) is 0.783. The third kappa shape index (κ3) is 2.78. The molecule has 2 rings (SSSR count). The van der Waals surface area contributed by atoms with Crippen LogP contribution in [0.3, 0.4) is 0 Å². The van der Waals surface area contributed by atoms with Crippen LogP contribution in [-0.2, 0) is 9.53 Å². The Kier molecular flexibility index (Phi) is 3.88. The molecule has 1 heterocycles. The Morgan fingerprint density at radius 3 is 2.42 bits per heavy atom. The topological polar surface area (TPSA) is 46.6 Å². The molecule has 4 nitrogen and oxygen atoms in total. The normalized spacial score (nSPS) is 14.9. The molecular formula is C15H19NO3. The van der Waals surface area contributed by atoms with Gasteiger partial charge in [0.15, 0.2) is 5.78 Å². The van der Waals surface area contributed by atoms with Crippen LogP contribution in [-0.4, -0.2) is 31.4 Å². The number of hydrogen-bond donors (Lipinski definition) is 0. The van der Waals surface area contributed by atoms with Crippen LogP contribution < -0.4 is 4.90 Å². The van der Waals surface area contributed by atoms with E-state index in [9.17, 15) is 9.59 Å². The second-order valence-electron chi connectivity index (χ2n) is 4.89. The van der Waals surface area contributed by atoms with E-state index in [1.807, 2.05) is 26.0 Å². The highest BCUT2D eigenvalue weighted by atomic mass is 16.5. The number of benzene rings is 1. The predicted molar refractivity (Wildman–Crippen MR) is 73.7 cm³/mol. The third-order valence-electron chi connectivity index (χ3n) is 3.39. The van der Waals surface area contributed by atoms with Gasteiger partial charge in [-0.15, -0.1) is 0 Å². The minimum Gasteiger partial charge on any atom is -0.462 e. The first-order valence-electron chi connectivity index (χ1n) is 6.58. The Morgan fingerprint density at radius 2 is 1.95 bits per heavy atom. The summed E-state index contributed by atoms with van der Waals surface area (Å²) in [7, 11) is 0. The minimum atomic E-state index is -0.276. The van der Waals surface area contributed by atoms with Gasteiger partial charge in [-0.25, -0.2) is 4.79 Å². The summed E-state index contributed by atoms with van der Waals surface area (Å²) in [5.74, 6) is -0.00803. The molecule has 1 aliphatic rings. The second kappa shape index (κ2) is 5.43. The lowest BCUT2D eigenvalue weighted by atomic mass is 10.0. The summed E-state index contributed by atoms with van der Waals surface area (Å²) < 4.78 is 5.07. The second-order valence-corrected chi connectivity index (χ2v) is 4.89. The molecule has 1 aromatic rings. The van der Waals surface area contributed by atoms with E-state index in [1.165, 1.54) is 0 Å². The van der Waals surface area contributed by atoms with Crippen molar-refractivity contribution >= 4 is 17.4 Å². The molecule has 0 bridgehead atoms. The van der Waals surface area contributed by atoms with E-state index in [-0.39, 0.29) is 11.8 Å². The van der Waals surface area contributed by atoms with Crippen LogP contribution in [0.15, 0.2) is 12.1 Å². The summed E-state index contributed by atoms with van der Waals surface area (Å²) in [6, 6.07) is 3.91. The summed E-state index contributed by atoms with van der Waals surface area (Å²) in [5, 5.41) is 0. The van der Waals surface area contributed by atoms with Crippen LogP contribution in [0.25, 0.3) is 0 Å². The fraction of sp³-hybridized carbons (Fsp3) is 0.467. The maximum absolute atomic E-state index is 11.9. The summed E-state index contributed by atoms with van der Waals surface area (Å²) in [6.45, 7) is 7.21. The first-order chi connectivity index (χ1) is 9.02. The molecule has 1 fully saturated rings. The van der Waals surface area contributed by atoms with Crippen molar-refractivity contribution in [1.82, 2.24) is 0 Å². The molecule has 19 heavy (non-hydrogen) atoms. The van der Waals surface area contributed by atoms with E-state index in [1.54, 1.807) is 6.92 Å². The van der Waals surface area contributed by atoms with E-state index >= 15 is 0 Å². The monoisotopic (exact) mass is 261 g/mol. The Balaban J connectivity index is 2.31. The van der Waals surface area contributed by atoms with Gasteiger partial charge in [0.1, 0.15) is 0 Å². The molecule has 0 unspecified atom stereocenters. The van der Waals surface area contributed by atoms with E-state index < -0.39 is 0 Å². The van der Waals surface area contributed by atoms with Crippen molar-refractivity contribution in [3.63, 3.8) is 0 Å². The maximum Gasteiger partial charge on any atom is 0.338 e. The molecular weight excluding hydrogens is 242 g/mol. The van der Waals surface area contributed by atoms with E-state index in [4.69, 9.17) is 4.74 Å². The van der Waals surface area contributed by atoms with Crippen LogP contribution in [0.5, 0.6) is 0 Å². The number of hydrogen-bond acceptors (Lipinski definition) is 4. The van der Waals surface area contributed by atoms with E-state index in [0.29, 0.717) is 25.1 Å². The number of ketones is 1. The number of carbonyl (C=O) groups excluding carboxylic acids is 2. The fourth-order valence-corrected chi connectivity index (χ4v) is 2.50. The van der Waals surface area contributed by atoms with Crippen molar-refractivity contribution in [3.8, 4) is 0 Å². The van der Waals surface area contributed by atoms with Crippen LogP contribution in [0.2, 0.25) is 0 Å². The number of ether oxygens (including phenoxy) is 1. The lowest BCUT2D eigenvalue weighted by Gasteiger charge is -2.19. The van der Waals surface area contributed by atoms with Gasteiger partial charge in [-0.3, -0.25) is 4.79 Å². The first kappa shape index (κ1) is 13.6. The van der Waals surface area contributed by atoms with E-state index in [2.05, 4.69) is 4.90 Å². The largest absolute Gasteiger partial charge is 0.462 e. The average Bonchev–Trinajstić information content (AvgIpc) is 2.75. The van der Waals surface area contributed by atoms with Gasteiger partial charge >= 0.3 is 5.97 Å². The van der Waals surface area contributed by atoms with Crippen LogP contribution >= 0.6 is 0 Å². The molecule has 1 saturated heterocycles. The molecule has 102 valence electrons. The van der Waals surface area contributed by atoms with Crippen LogP contribution in [0.4, 0.5) is 5.69 Å². The number of rotatable bonds is 3. The summed E-state index contributed by atoms with van der Waals surface area (Å²) in [6.07, 6.45) is 0.609. The van der Waals surface area contributed by atoms with Crippen molar-refractivity contribution in [3.05, 3.63) is 28.8 Å². The highest BCUT2D eigenvalue weighted by Gasteiger charge is 2.22. The standard InChI is InChI=1S/C15H19NO3/c1-4-19-15(18)14-10(2)7-12(8-11(14)3)16-6-5-13(17)9-16/h7-8H,4-6,9H2,1-3H3. The van der Waals surface area contributed by atoms with Gasteiger partial charge in [-0.05, 0) is 44.0 Å². The molecule has 0 aromatic heterocycles. The average molecular weight is 261 g/mol. The lowest BCUT2D eigenvalue weighted by molar-refractivity contribution is -0.116. The minimum absolute atomic E-state index is 0.268. The van der Waals surface area contributed by atoms with E-state index in [0.717, 1.165) is 23.4 Å². The summed E-state index contributed by atoms with van der Waals surface area (Å²) in [4.78, 5) is 25.3. The van der Waals surface area contributed by atoms with Gasteiger partial charge in [-0.1, -0.05) is 0 Å². The smallest absolute Gasteiger partial charge is 0.338 e. The van der Waals surface area contributed by atoms with Gasteiger partial charge in [0, 0.05) is 18.7 Å². The molecule has 0 saturated carbocycles. The molecule has 0 spiro atoms. The molecule has 0 amide bonds. The Labute approximate surface area is 113 Å². The molecule has 1 aliphatic heterocycles. The molecule has 0 radical (unpaired) electrons. The molecule has 0 atom stereocenters. The first-order valence-corrected chi connectivity index (χ1v) is 6.58. The Morgan fingerprint density at radius 1 is 1.32 bits per heavy atom. The van der Waals surface area contributed by atoms with Crippen molar-refractivity contribution in [1.29, 1.82) is 0 Å². The predicted octanol–water partition coefficient (Wildman–Crippen LogP) is 2.26. The van der Waals surface area contributed by atoms with Crippen molar-refractivity contribution in [2.45, 2.75) is 27.2 Å². The summed E-state index contributed by atoms with van der Waals surface area (Å²) in [5.41, 5.74) is 3.44. The van der Waals surface area contributed by atoms with Gasteiger partial charge in [0.25, 0.3) is 0 Å². The Bertz CT molecular complexity index is 499. The van der Waals surface area contributed by atoms with Gasteiger partial charge in [0.05, 0.1) is 18.7 Å². The lowest BCUT2D eigenvalue weighted by Crippen LogP contribution is -2.20. The number of esters is 1. The zero-order valence-electron chi connectivity index (χ0n) is 11.7. The SMILES string of the molecule is CCOC(=O)c1c(C)cc(N2CCC(=O)C2)cc1C. The number of carbonyl (C=O) groups is 2. The Hall–Kier alpha value is -1.84. The number of anilines is 1. The van der Waals surface area contributed by atoms with Crippen molar-refractivity contribution in [2.24, 2.45) is 0 Å². The fourth-order valence-electron chi connectivity index (χ4n) is 2.50. The zero-order chi connectivity index (χ0) is 14.0. The number of Topliss-reactive ketones (excluding diaryl/α,β-unsaturated/α-hetero) is 1. The number of aryl methyl sites for hydroxylation is 2. The molecule has 0 aliphatic carbocycles. The number of nitrogens with zero attached hydrogens (tertiary/aromatic N) is 1. The highest BCUT2D eigenvalue weighted by molar-refractivity contribution is 5.94. The summed E-state index contributed by atoms with van der Waals surface area (Å²) >= 11 is 0.